The number of benzene rings is 2. The Kier molecular flexibility index (Phi) is 4.48. The van der Waals surface area contributed by atoms with E-state index in [0.29, 0.717) is 10.4 Å². The van der Waals surface area contributed by atoms with Crippen LogP contribution in [0.4, 0.5) is 0 Å². The van der Waals surface area contributed by atoms with Crippen molar-refractivity contribution in [2.45, 2.75) is 6.61 Å². The highest BCUT2D eigenvalue weighted by atomic mass is 32.1. The fourth-order valence-corrected chi connectivity index (χ4v) is 4.36. The lowest BCUT2D eigenvalue weighted by Crippen LogP contribution is -2.02. The lowest BCUT2D eigenvalue weighted by atomic mass is 10.2. The molecule has 0 saturated heterocycles. The lowest BCUT2D eigenvalue weighted by molar-refractivity contribution is 0.0478. The van der Waals surface area contributed by atoms with Crippen LogP contribution in [0, 0.1) is 11.3 Å². The van der Waals surface area contributed by atoms with Crippen molar-refractivity contribution in [2.75, 3.05) is 0 Å². The number of carbonyl (C=O) groups is 1. The van der Waals surface area contributed by atoms with E-state index in [0.717, 1.165) is 25.7 Å². The number of aromatic nitrogens is 1. The van der Waals surface area contributed by atoms with Crippen LogP contribution < -0.4 is 0 Å². The molecule has 4 rings (SSSR count). The molecular weight excluding hydrogens is 364 g/mol. The average Bonchev–Trinajstić information content (AvgIpc) is 3.33. The van der Waals surface area contributed by atoms with Crippen molar-refractivity contribution >= 4 is 38.9 Å². The highest BCUT2D eigenvalue weighted by molar-refractivity contribution is 7.26. The van der Waals surface area contributed by atoms with Gasteiger partial charge in [0.05, 0.1) is 26.7 Å². The molecule has 26 heavy (non-hydrogen) atoms. The molecule has 2 aromatic carbocycles. The molecule has 0 aliphatic carbocycles. The maximum atomic E-state index is 12.3. The molecule has 0 saturated carbocycles. The quantitative estimate of drug-likeness (QED) is 0.456. The summed E-state index contributed by atoms with van der Waals surface area (Å²) in [5, 5.41) is 9.70. The number of esters is 1. The Bertz CT molecular complexity index is 1090. The van der Waals surface area contributed by atoms with Gasteiger partial charge in [-0.25, -0.2) is 9.78 Å². The number of fused-ring (bicyclic) bond motifs is 1. The van der Waals surface area contributed by atoms with E-state index in [2.05, 4.69) is 11.1 Å². The van der Waals surface area contributed by atoms with Gasteiger partial charge in [-0.15, -0.1) is 22.7 Å². The van der Waals surface area contributed by atoms with E-state index in [-0.39, 0.29) is 12.6 Å². The standard InChI is InChI=1S/C20H12N2O2S2/c21-11-13-5-7-14(8-6-13)12-24-20(23)18-10-9-17(25-18)19-22-15-3-1-2-4-16(15)26-19/h1-10H,12H2. The summed E-state index contributed by atoms with van der Waals surface area (Å²) >= 11 is 2.99. The van der Waals surface area contributed by atoms with E-state index in [9.17, 15) is 4.79 Å². The zero-order chi connectivity index (χ0) is 17.9. The molecule has 0 aliphatic rings. The summed E-state index contributed by atoms with van der Waals surface area (Å²) < 4.78 is 6.49. The zero-order valence-electron chi connectivity index (χ0n) is 13.5. The number of rotatable bonds is 4. The van der Waals surface area contributed by atoms with Crippen molar-refractivity contribution in [3.8, 4) is 16.0 Å². The van der Waals surface area contributed by atoms with Gasteiger partial charge in [0, 0.05) is 0 Å². The molecule has 0 spiro atoms. The van der Waals surface area contributed by atoms with Gasteiger partial charge in [-0.05, 0) is 42.0 Å². The first kappa shape index (κ1) is 16.5. The van der Waals surface area contributed by atoms with E-state index in [1.165, 1.54) is 11.3 Å². The van der Waals surface area contributed by atoms with Gasteiger partial charge in [-0.1, -0.05) is 24.3 Å². The third-order valence-electron chi connectivity index (χ3n) is 3.76. The molecule has 4 nitrogen and oxygen atoms in total. The van der Waals surface area contributed by atoms with E-state index in [1.54, 1.807) is 41.7 Å². The Balaban J connectivity index is 1.46. The normalized spacial score (nSPS) is 10.6. The Hall–Kier alpha value is -3.01. The van der Waals surface area contributed by atoms with Crippen LogP contribution in [0.15, 0.2) is 60.7 Å². The first-order valence-corrected chi connectivity index (χ1v) is 9.48. The third-order valence-corrected chi connectivity index (χ3v) is 6.04. The summed E-state index contributed by atoms with van der Waals surface area (Å²) in [6.45, 7) is 0.179. The van der Waals surface area contributed by atoms with Crippen LogP contribution in [0.2, 0.25) is 0 Å². The predicted molar refractivity (Wildman–Crippen MR) is 103 cm³/mol. The summed E-state index contributed by atoms with van der Waals surface area (Å²) in [7, 11) is 0. The molecule has 2 heterocycles. The van der Waals surface area contributed by atoms with Crippen molar-refractivity contribution in [3.05, 3.63) is 76.7 Å². The summed E-state index contributed by atoms with van der Waals surface area (Å²) in [4.78, 5) is 18.4. The number of para-hydroxylation sites is 1. The van der Waals surface area contributed by atoms with Crippen molar-refractivity contribution < 1.29 is 9.53 Å². The average molecular weight is 376 g/mol. The van der Waals surface area contributed by atoms with Crippen molar-refractivity contribution in [3.63, 3.8) is 0 Å². The molecule has 0 atom stereocenters. The number of carbonyl (C=O) groups excluding carboxylic acids is 1. The molecule has 0 fully saturated rings. The lowest BCUT2D eigenvalue weighted by Gasteiger charge is -2.03. The molecular formula is C20H12N2O2S2. The molecule has 0 bridgehead atoms. The summed E-state index contributed by atoms with van der Waals surface area (Å²) in [5.41, 5.74) is 2.39. The molecule has 2 aromatic heterocycles. The first-order chi connectivity index (χ1) is 12.7. The number of nitrogens with zero attached hydrogens (tertiary/aromatic N) is 2. The van der Waals surface area contributed by atoms with Gasteiger partial charge in [0.2, 0.25) is 0 Å². The Morgan fingerprint density at radius 2 is 1.85 bits per heavy atom. The van der Waals surface area contributed by atoms with Gasteiger partial charge in [-0.3, -0.25) is 0 Å². The maximum absolute atomic E-state index is 12.3. The third kappa shape index (κ3) is 3.36. The topological polar surface area (TPSA) is 63.0 Å². The number of thiophene rings is 1. The van der Waals surface area contributed by atoms with Crippen LogP contribution in [0.1, 0.15) is 20.8 Å². The number of nitriles is 1. The fourth-order valence-electron chi connectivity index (χ4n) is 2.44. The van der Waals surface area contributed by atoms with E-state index in [1.807, 2.05) is 30.3 Å². The summed E-state index contributed by atoms with van der Waals surface area (Å²) in [5.74, 6) is -0.355. The molecule has 6 heteroatoms. The van der Waals surface area contributed by atoms with Gasteiger partial charge in [0.25, 0.3) is 0 Å². The van der Waals surface area contributed by atoms with Crippen LogP contribution >= 0.6 is 22.7 Å². The summed E-state index contributed by atoms with van der Waals surface area (Å²) in [6, 6.07) is 20.7. The smallest absolute Gasteiger partial charge is 0.348 e. The summed E-state index contributed by atoms with van der Waals surface area (Å²) in [6.07, 6.45) is 0. The Morgan fingerprint density at radius 1 is 1.04 bits per heavy atom. The molecule has 0 N–H and O–H groups in total. The van der Waals surface area contributed by atoms with Gasteiger partial charge < -0.3 is 4.74 Å². The molecule has 0 aliphatic heterocycles. The molecule has 0 radical (unpaired) electrons. The zero-order valence-corrected chi connectivity index (χ0v) is 15.1. The van der Waals surface area contributed by atoms with Gasteiger partial charge in [-0.2, -0.15) is 5.26 Å². The highest BCUT2D eigenvalue weighted by Gasteiger charge is 2.14. The minimum atomic E-state index is -0.355. The van der Waals surface area contributed by atoms with Gasteiger partial charge in [0.1, 0.15) is 16.5 Å². The second-order valence-corrected chi connectivity index (χ2v) is 7.65. The number of ether oxygens (including phenoxy) is 1. The first-order valence-electron chi connectivity index (χ1n) is 7.85. The van der Waals surface area contributed by atoms with E-state index < -0.39 is 0 Å². The number of thiazole rings is 1. The van der Waals surface area contributed by atoms with E-state index in [4.69, 9.17) is 10.00 Å². The second kappa shape index (κ2) is 7.08. The monoisotopic (exact) mass is 376 g/mol. The minimum absolute atomic E-state index is 0.179. The van der Waals surface area contributed by atoms with E-state index >= 15 is 0 Å². The van der Waals surface area contributed by atoms with Crippen LogP contribution in [-0.4, -0.2) is 11.0 Å². The Morgan fingerprint density at radius 3 is 2.62 bits per heavy atom. The largest absolute Gasteiger partial charge is 0.457 e. The molecule has 126 valence electrons. The SMILES string of the molecule is N#Cc1ccc(COC(=O)c2ccc(-c3nc4ccccc4s3)s2)cc1. The van der Waals surface area contributed by atoms with Crippen LogP contribution in [0.3, 0.4) is 0 Å². The maximum Gasteiger partial charge on any atom is 0.348 e. The predicted octanol–water partition coefficient (Wildman–Crippen LogP) is 5.25. The Labute approximate surface area is 157 Å². The van der Waals surface area contributed by atoms with Crippen LogP contribution in [-0.2, 0) is 11.3 Å². The van der Waals surface area contributed by atoms with Crippen molar-refractivity contribution in [1.29, 1.82) is 5.26 Å². The molecule has 0 amide bonds. The number of hydrogen-bond acceptors (Lipinski definition) is 6. The molecule has 0 unspecified atom stereocenters. The second-order valence-electron chi connectivity index (χ2n) is 5.54. The molecule has 4 aromatic rings. The van der Waals surface area contributed by atoms with Crippen LogP contribution in [0.5, 0.6) is 0 Å². The minimum Gasteiger partial charge on any atom is -0.457 e. The van der Waals surface area contributed by atoms with Crippen molar-refractivity contribution in [1.82, 2.24) is 4.98 Å². The fraction of sp³-hybridized carbons (Fsp3) is 0.0500. The highest BCUT2D eigenvalue weighted by Crippen LogP contribution is 2.34. The van der Waals surface area contributed by atoms with Gasteiger partial charge in [0.15, 0.2) is 0 Å². The number of hydrogen-bond donors (Lipinski definition) is 0. The van der Waals surface area contributed by atoms with Gasteiger partial charge >= 0.3 is 5.97 Å². The van der Waals surface area contributed by atoms with Crippen molar-refractivity contribution in [2.24, 2.45) is 0 Å². The van der Waals surface area contributed by atoms with Crippen LogP contribution in [0.25, 0.3) is 20.1 Å².